The number of anilines is 1. The number of aliphatic hydroxyl groups is 1. The van der Waals surface area contributed by atoms with Crippen molar-refractivity contribution in [3.05, 3.63) is 65.2 Å². The Hall–Kier alpha value is -2.36. The maximum Gasteiger partial charge on any atom is 0.248 e. The largest absolute Gasteiger partial charge is 0.394 e. The number of aliphatic hydroxyl groups excluding tert-OH is 1. The minimum Gasteiger partial charge on any atom is -0.394 e. The van der Waals surface area contributed by atoms with Gasteiger partial charge in [0.2, 0.25) is 17.7 Å². The highest BCUT2D eigenvalue weighted by Gasteiger charge is 2.76. The topological polar surface area (TPSA) is 98.7 Å². The highest BCUT2D eigenvalue weighted by Crippen LogP contribution is 2.68. The number of halogens is 1. The van der Waals surface area contributed by atoms with Gasteiger partial charge < -0.3 is 20.6 Å². The highest BCUT2D eigenvalue weighted by molar-refractivity contribution is 9.09. The van der Waals surface area contributed by atoms with Gasteiger partial charge in [-0.3, -0.25) is 14.4 Å². The van der Waals surface area contributed by atoms with Crippen LogP contribution in [0.15, 0.2) is 48.5 Å². The van der Waals surface area contributed by atoms with Gasteiger partial charge in [-0.1, -0.05) is 72.2 Å². The molecule has 3 aliphatic rings. The summed E-state index contributed by atoms with van der Waals surface area (Å²) in [6, 6.07) is 14.3. The van der Waals surface area contributed by atoms with E-state index in [9.17, 15) is 19.5 Å². The fourth-order valence-electron chi connectivity index (χ4n) is 6.85. The molecule has 2 bridgehead atoms. The smallest absolute Gasteiger partial charge is 0.248 e. The van der Waals surface area contributed by atoms with Crippen LogP contribution >= 0.6 is 27.7 Å². The van der Waals surface area contributed by atoms with Crippen LogP contribution in [-0.2, 0) is 20.9 Å². The molecule has 3 aliphatic heterocycles. The second kappa shape index (κ2) is 11.5. The number of aryl methyl sites for hydroxylation is 2. The fourth-order valence-corrected chi connectivity index (χ4v) is 10.5. The Labute approximate surface area is 249 Å². The Kier molecular flexibility index (Phi) is 8.37. The molecular weight excluding hydrogens is 590 g/mol. The van der Waals surface area contributed by atoms with Crippen molar-refractivity contribution in [3.8, 4) is 0 Å². The lowest BCUT2D eigenvalue weighted by molar-refractivity contribution is -0.142. The maximum atomic E-state index is 14.4. The van der Waals surface area contributed by atoms with Crippen molar-refractivity contribution in [1.29, 1.82) is 0 Å². The number of alkyl halides is 1. The minimum absolute atomic E-state index is 0.0114. The summed E-state index contributed by atoms with van der Waals surface area (Å²) >= 11 is 5.43. The molecule has 3 amide bonds. The first-order valence-electron chi connectivity index (χ1n) is 14.0. The molecule has 7 nitrogen and oxygen atoms in total. The van der Waals surface area contributed by atoms with Gasteiger partial charge in [-0.2, -0.15) is 0 Å². The molecule has 0 aromatic heterocycles. The number of nitrogens with one attached hydrogen (secondary N) is 2. The molecule has 7 atom stereocenters. The van der Waals surface area contributed by atoms with Gasteiger partial charge in [-0.25, -0.2) is 0 Å². The molecule has 2 aromatic rings. The summed E-state index contributed by atoms with van der Waals surface area (Å²) in [5, 5.41) is 16.5. The molecule has 3 fully saturated rings. The molecular formula is C31H38BrN3O4S. The first-order valence-corrected chi connectivity index (χ1v) is 15.8. The van der Waals surface area contributed by atoms with E-state index in [0.717, 1.165) is 16.7 Å². The summed E-state index contributed by atoms with van der Waals surface area (Å²) in [6.07, 6.45) is 1.16. The predicted octanol–water partition coefficient (Wildman–Crippen LogP) is 4.43. The van der Waals surface area contributed by atoms with E-state index in [1.165, 1.54) is 0 Å². The molecule has 3 N–H and O–H groups in total. The first kappa shape index (κ1) is 29.1. The van der Waals surface area contributed by atoms with E-state index in [-0.39, 0.29) is 40.3 Å². The van der Waals surface area contributed by atoms with E-state index in [4.69, 9.17) is 0 Å². The third kappa shape index (κ3) is 5.09. The Bertz CT molecular complexity index is 1290. The van der Waals surface area contributed by atoms with Crippen LogP contribution in [0, 0.1) is 31.6 Å². The number of benzene rings is 2. The summed E-state index contributed by atoms with van der Waals surface area (Å²) in [5.41, 5.74) is 3.66. The quantitative estimate of drug-likeness (QED) is 0.357. The molecule has 214 valence electrons. The molecule has 3 unspecified atom stereocenters. The molecule has 0 aliphatic carbocycles. The normalized spacial score (nSPS) is 29.5. The molecule has 0 radical (unpaired) electrons. The van der Waals surface area contributed by atoms with E-state index in [1.807, 2.05) is 76.2 Å². The van der Waals surface area contributed by atoms with E-state index in [2.05, 4.69) is 26.6 Å². The van der Waals surface area contributed by atoms with Crippen molar-refractivity contribution in [2.75, 3.05) is 11.9 Å². The zero-order chi connectivity index (χ0) is 28.8. The number of carbonyl (C=O) groups excluding carboxylic acids is 3. The Morgan fingerprint density at radius 3 is 2.55 bits per heavy atom. The zero-order valence-electron chi connectivity index (χ0n) is 23.4. The first-order chi connectivity index (χ1) is 19.1. The average Bonchev–Trinajstić information content (AvgIpc) is 3.51. The standard InChI is InChI=1S/C31H38BrN3O4S/c1-17(2)12-21(16-36)35-27(29(38)34-23-13-18(3)10-11-19(23)4)31-14-22(32)26(40-31)24(25(31)30(35)39)28(37)33-15-20-8-6-5-7-9-20/h5-11,13,17,21-22,24-27,36H,12,14-16H2,1-4H3,(H,33,37)(H,34,38)/t21-,22?,24+,25+,26+,27?,31?/m1/s1. The van der Waals surface area contributed by atoms with Crippen LogP contribution in [0.25, 0.3) is 0 Å². The lowest BCUT2D eigenvalue weighted by Gasteiger charge is -2.38. The van der Waals surface area contributed by atoms with Crippen molar-refractivity contribution in [2.45, 2.75) is 74.0 Å². The Morgan fingerprint density at radius 1 is 1.15 bits per heavy atom. The van der Waals surface area contributed by atoms with Crippen molar-refractivity contribution >= 4 is 51.1 Å². The SMILES string of the molecule is Cc1ccc(C)c(NC(=O)C2N([C@@H](CO)CC(C)C)C(=O)[C@@H]3[C@H](C(=O)NCc4ccccc4)[C@H]4SC23CC4Br)c1. The molecule has 1 spiro atoms. The van der Waals surface area contributed by atoms with Gasteiger partial charge in [0.05, 0.1) is 29.2 Å². The number of hydrogen-bond donors (Lipinski definition) is 3. The summed E-state index contributed by atoms with van der Waals surface area (Å²) in [5.74, 6) is -1.62. The number of fused-ring (bicyclic) bond motifs is 1. The maximum absolute atomic E-state index is 14.4. The lowest BCUT2D eigenvalue weighted by Crippen LogP contribution is -2.55. The zero-order valence-corrected chi connectivity index (χ0v) is 25.8. The summed E-state index contributed by atoms with van der Waals surface area (Å²) in [6.45, 7) is 8.14. The molecule has 5 rings (SSSR count). The van der Waals surface area contributed by atoms with Crippen molar-refractivity contribution < 1.29 is 19.5 Å². The van der Waals surface area contributed by atoms with Crippen LogP contribution in [-0.4, -0.2) is 61.2 Å². The summed E-state index contributed by atoms with van der Waals surface area (Å²) in [7, 11) is 0. The highest BCUT2D eigenvalue weighted by atomic mass is 79.9. The number of likely N-dealkylation sites (tertiary alicyclic amines) is 1. The number of nitrogens with zero attached hydrogens (tertiary/aromatic N) is 1. The van der Waals surface area contributed by atoms with E-state index >= 15 is 0 Å². The molecule has 0 saturated carbocycles. The predicted molar refractivity (Wildman–Crippen MR) is 162 cm³/mol. The van der Waals surface area contributed by atoms with E-state index in [1.54, 1.807) is 16.7 Å². The Balaban J connectivity index is 1.51. The molecule has 40 heavy (non-hydrogen) atoms. The minimum atomic E-state index is -0.803. The molecule has 3 saturated heterocycles. The van der Waals surface area contributed by atoms with Gasteiger partial charge in [0, 0.05) is 22.3 Å². The second-order valence-electron chi connectivity index (χ2n) is 11.9. The van der Waals surface area contributed by atoms with Gasteiger partial charge in [0.25, 0.3) is 0 Å². The van der Waals surface area contributed by atoms with Crippen LogP contribution < -0.4 is 10.6 Å². The number of carbonyl (C=O) groups is 3. The van der Waals surface area contributed by atoms with Gasteiger partial charge in [0.15, 0.2) is 0 Å². The van der Waals surface area contributed by atoms with Crippen LogP contribution in [0.4, 0.5) is 5.69 Å². The van der Waals surface area contributed by atoms with Crippen LogP contribution in [0.2, 0.25) is 0 Å². The fraction of sp³-hybridized carbons (Fsp3) is 0.516. The third-order valence-electron chi connectivity index (χ3n) is 8.59. The van der Waals surface area contributed by atoms with Gasteiger partial charge in [-0.05, 0) is 55.4 Å². The van der Waals surface area contributed by atoms with Crippen LogP contribution in [0.1, 0.15) is 43.4 Å². The number of rotatable bonds is 9. The summed E-state index contributed by atoms with van der Waals surface area (Å²) in [4.78, 5) is 44.0. The third-order valence-corrected chi connectivity index (χ3v) is 11.8. The molecule has 2 aromatic carbocycles. The number of amides is 3. The average molecular weight is 629 g/mol. The molecule has 3 heterocycles. The van der Waals surface area contributed by atoms with Crippen LogP contribution in [0.5, 0.6) is 0 Å². The van der Waals surface area contributed by atoms with Crippen molar-refractivity contribution in [2.24, 2.45) is 17.8 Å². The monoisotopic (exact) mass is 627 g/mol. The van der Waals surface area contributed by atoms with E-state index in [0.29, 0.717) is 25.1 Å². The Morgan fingerprint density at radius 2 is 1.88 bits per heavy atom. The van der Waals surface area contributed by atoms with Crippen molar-refractivity contribution in [1.82, 2.24) is 10.2 Å². The molecule has 9 heteroatoms. The van der Waals surface area contributed by atoms with E-state index < -0.39 is 28.7 Å². The van der Waals surface area contributed by atoms with Gasteiger partial charge >= 0.3 is 0 Å². The van der Waals surface area contributed by atoms with Crippen molar-refractivity contribution in [3.63, 3.8) is 0 Å². The second-order valence-corrected chi connectivity index (χ2v) is 14.6. The number of hydrogen-bond acceptors (Lipinski definition) is 5. The lowest BCUT2D eigenvalue weighted by atomic mass is 9.70. The van der Waals surface area contributed by atoms with Gasteiger partial charge in [-0.15, -0.1) is 11.8 Å². The van der Waals surface area contributed by atoms with Crippen LogP contribution in [0.3, 0.4) is 0 Å². The van der Waals surface area contributed by atoms with Gasteiger partial charge in [0.1, 0.15) is 6.04 Å². The summed E-state index contributed by atoms with van der Waals surface area (Å²) < 4.78 is -0.767. The number of thioether (sulfide) groups is 1.